The summed E-state index contributed by atoms with van der Waals surface area (Å²) in [5.41, 5.74) is 3.00. The smallest absolute Gasteiger partial charge is 0.129 e. The van der Waals surface area contributed by atoms with Crippen molar-refractivity contribution in [3.63, 3.8) is 0 Å². The number of aromatic amines is 1. The molecule has 0 aliphatic carbocycles. The molecule has 0 radical (unpaired) electrons. The summed E-state index contributed by atoms with van der Waals surface area (Å²) in [4.78, 5) is 9.67. The van der Waals surface area contributed by atoms with Gasteiger partial charge in [-0.3, -0.25) is 4.90 Å². The second-order valence-electron chi connectivity index (χ2n) is 6.15. The first kappa shape index (κ1) is 16.1. The number of fused-ring (bicyclic) bond motifs is 1. The first-order valence-corrected chi connectivity index (χ1v) is 8.50. The normalized spacial score (nSPS) is 17.4. The SMILES string of the molecule is Oc1ccccc1CN1CCc2[nH]cnc2[C@H]1c1c(F)cccc1Cl. The average Bonchev–Trinajstić information content (AvgIpc) is 3.07. The second-order valence-corrected chi connectivity index (χ2v) is 6.56. The van der Waals surface area contributed by atoms with Crippen molar-refractivity contribution in [3.8, 4) is 5.75 Å². The number of phenols is 1. The van der Waals surface area contributed by atoms with Gasteiger partial charge in [-0.25, -0.2) is 9.37 Å². The van der Waals surface area contributed by atoms with Crippen molar-refractivity contribution in [1.29, 1.82) is 0 Å². The molecule has 0 fully saturated rings. The molecular formula is C19H17ClFN3O. The maximum atomic E-state index is 14.6. The van der Waals surface area contributed by atoms with Crippen LogP contribution >= 0.6 is 11.6 Å². The van der Waals surface area contributed by atoms with Crippen LogP contribution in [-0.4, -0.2) is 26.5 Å². The fourth-order valence-corrected chi connectivity index (χ4v) is 3.72. The molecule has 0 amide bonds. The Morgan fingerprint density at radius 1 is 1.24 bits per heavy atom. The zero-order valence-electron chi connectivity index (χ0n) is 13.4. The molecule has 25 heavy (non-hydrogen) atoms. The number of hydrogen-bond acceptors (Lipinski definition) is 3. The summed E-state index contributed by atoms with van der Waals surface area (Å²) in [6.45, 7) is 1.19. The summed E-state index contributed by atoms with van der Waals surface area (Å²) in [7, 11) is 0. The Labute approximate surface area is 149 Å². The predicted octanol–water partition coefficient (Wildman–Crippen LogP) is 4.06. The van der Waals surface area contributed by atoms with E-state index in [0.717, 1.165) is 23.4 Å². The molecule has 6 heteroatoms. The predicted molar refractivity (Wildman–Crippen MR) is 94.1 cm³/mol. The Morgan fingerprint density at radius 3 is 2.88 bits per heavy atom. The van der Waals surface area contributed by atoms with Gasteiger partial charge in [0.25, 0.3) is 0 Å². The molecule has 4 nitrogen and oxygen atoms in total. The maximum Gasteiger partial charge on any atom is 0.129 e. The van der Waals surface area contributed by atoms with Gasteiger partial charge in [0.05, 0.1) is 18.1 Å². The average molecular weight is 358 g/mol. The topological polar surface area (TPSA) is 52.1 Å². The summed E-state index contributed by atoms with van der Waals surface area (Å²) in [5.74, 6) is -0.121. The van der Waals surface area contributed by atoms with Gasteiger partial charge in [-0.1, -0.05) is 35.9 Å². The molecule has 1 aromatic heterocycles. The number of halogens is 2. The molecular weight excluding hydrogens is 341 g/mol. The van der Waals surface area contributed by atoms with Crippen LogP contribution in [0.5, 0.6) is 5.75 Å². The van der Waals surface area contributed by atoms with E-state index in [4.69, 9.17) is 11.6 Å². The molecule has 1 aliphatic heterocycles. The van der Waals surface area contributed by atoms with Crippen LogP contribution in [0, 0.1) is 5.82 Å². The zero-order chi connectivity index (χ0) is 17.4. The molecule has 1 aliphatic rings. The molecule has 3 aromatic rings. The number of phenolic OH excluding ortho intramolecular Hbond substituents is 1. The molecule has 2 aromatic carbocycles. The van der Waals surface area contributed by atoms with E-state index in [-0.39, 0.29) is 11.6 Å². The Hall–Kier alpha value is -2.37. The van der Waals surface area contributed by atoms with Gasteiger partial charge in [0.15, 0.2) is 0 Å². The molecule has 128 valence electrons. The third-order valence-electron chi connectivity index (χ3n) is 4.66. The minimum Gasteiger partial charge on any atom is -0.508 e. The number of benzene rings is 2. The first-order chi connectivity index (χ1) is 12.1. The summed E-state index contributed by atoms with van der Waals surface area (Å²) in [6, 6.07) is 11.5. The molecule has 0 unspecified atom stereocenters. The van der Waals surface area contributed by atoms with Crippen LogP contribution in [0.4, 0.5) is 4.39 Å². The molecule has 0 spiro atoms. The Balaban J connectivity index is 1.80. The quantitative estimate of drug-likeness (QED) is 0.743. The highest BCUT2D eigenvalue weighted by Crippen LogP contribution is 2.39. The summed E-state index contributed by atoms with van der Waals surface area (Å²) >= 11 is 6.34. The number of H-pyrrole nitrogens is 1. The van der Waals surface area contributed by atoms with E-state index < -0.39 is 6.04 Å². The van der Waals surface area contributed by atoms with E-state index in [1.807, 2.05) is 12.1 Å². The number of imidazole rings is 1. The van der Waals surface area contributed by atoms with E-state index in [2.05, 4.69) is 14.9 Å². The number of para-hydroxylation sites is 1. The van der Waals surface area contributed by atoms with Gasteiger partial charge in [0, 0.05) is 41.4 Å². The van der Waals surface area contributed by atoms with E-state index in [1.54, 1.807) is 30.6 Å². The van der Waals surface area contributed by atoms with Crippen LogP contribution in [0.25, 0.3) is 0 Å². The number of aromatic nitrogens is 2. The molecule has 2 heterocycles. The zero-order valence-corrected chi connectivity index (χ0v) is 14.2. The Kier molecular flexibility index (Phi) is 4.19. The summed E-state index contributed by atoms with van der Waals surface area (Å²) in [5, 5.41) is 10.5. The van der Waals surface area contributed by atoms with Crippen LogP contribution in [0.3, 0.4) is 0 Å². The Morgan fingerprint density at radius 2 is 2.08 bits per heavy atom. The molecule has 4 rings (SSSR count). The van der Waals surface area contributed by atoms with Crippen molar-refractivity contribution in [1.82, 2.24) is 14.9 Å². The lowest BCUT2D eigenvalue weighted by atomic mass is 9.94. The molecule has 2 N–H and O–H groups in total. The van der Waals surface area contributed by atoms with E-state index in [9.17, 15) is 9.50 Å². The van der Waals surface area contributed by atoms with E-state index in [0.29, 0.717) is 23.7 Å². The third kappa shape index (κ3) is 2.90. The summed E-state index contributed by atoms with van der Waals surface area (Å²) in [6.07, 6.45) is 2.42. The number of hydrogen-bond donors (Lipinski definition) is 2. The van der Waals surface area contributed by atoms with Crippen LogP contribution in [0.2, 0.25) is 5.02 Å². The number of rotatable bonds is 3. The van der Waals surface area contributed by atoms with E-state index in [1.165, 1.54) is 6.07 Å². The molecule has 0 saturated carbocycles. The van der Waals surface area contributed by atoms with Crippen molar-refractivity contribution in [3.05, 3.63) is 82.1 Å². The van der Waals surface area contributed by atoms with E-state index >= 15 is 0 Å². The van der Waals surface area contributed by atoms with Crippen molar-refractivity contribution in [2.75, 3.05) is 6.54 Å². The van der Waals surface area contributed by atoms with Crippen LogP contribution in [-0.2, 0) is 13.0 Å². The third-order valence-corrected chi connectivity index (χ3v) is 4.99. The standard InChI is InChI=1S/C19H17ClFN3O/c20-13-5-3-6-14(21)17(13)19-18-15(22-11-23-18)8-9-24(19)10-12-4-1-2-7-16(12)25/h1-7,11,19,25H,8-10H2,(H,22,23)/t19-/m1/s1. The molecule has 0 saturated heterocycles. The highest BCUT2D eigenvalue weighted by atomic mass is 35.5. The van der Waals surface area contributed by atoms with Crippen molar-refractivity contribution in [2.45, 2.75) is 19.0 Å². The van der Waals surface area contributed by atoms with Gasteiger partial charge in [-0.2, -0.15) is 0 Å². The molecule has 1 atom stereocenters. The van der Waals surface area contributed by atoms with Crippen LogP contribution in [0.1, 0.15) is 28.6 Å². The largest absolute Gasteiger partial charge is 0.508 e. The summed E-state index contributed by atoms with van der Waals surface area (Å²) < 4.78 is 14.6. The Bertz CT molecular complexity index is 891. The number of nitrogens with one attached hydrogen (secondary N) is 1. The first-order valence-electron chi connectivity index (χ1n) is 8.12. The van der Waals surface area contributed by atoms with Gasteiger partial charge in [0.2, 0.25) is 0 Å². The van der Waals surface area contributed by atoms with Crippen LogP contribution < -0.4 is 0 Å². The van der Waals surface area contributed by atoms with Crippen molar-refractivity contribution in [2.24, 2.45) is 0 Å². The molecule has 0 bridgehead atoms. The minimum absolute atomic E-state index is 0.230. The maximum absolute atomic E-state index is 14.6. The van der Waals surface area contributed by atoms with Gasteiger partial charge in [-0.05, 0) is 18.2 Å². The van der Waals surface area contributed by atoms with Gasteiger partial charge >= 0.3 is 0 Å². The van der Waals surface area contributed by atoms with Gasteiger partial charge in [0.1, 0.15) is 11.6 Å². The fraction of sp³-hybridized carbons (Fsp3) is 0.211. The second kappa shape index (κ2) is 6.50. The van der Waals surface area contributed by atoms with Crippen LogP contribution in [0.15, 0.2) is 48.8 Å². The highest BCUT2D eigenvalue weighted by Gasteiger charge is 2.34. The highest BCUT2D eigenvalue weighted by molar-refractivity contribution is 6.31. The van der Waals surface area contributed by atoms with Gasteiger partial charge in [-0.15, -0.1) is 0 Å². The lowest BCUT2D eigenvalue weighted by Gasteiger charge is -2.35. The van der Waals surface area contributed by atoms with Gasteiger partial charge < -0.3 is 10.1 Å². The number of nitrogens with zero attached hydrogens (tertiary/aromatic N) is 2. The fourth-order valence-electron chi connectivity index (χ4n) is 3.45. The monoisotopic (exact) mass is 357 g/mol. The van der Waals surface area contributed by atoms with Crippen molar-refractivity contribution < 1.29 is 9.50 Å². The van der Waals surface area contributed by atoms with Crippen molar-refractivity contribution >= 4 is 11.6 Å². The minimum atomic E-state index is -0.400. The number of aromatic hydroxyl groups is 1. The lowest BCUT2D eigenvalue weighted by Crippen LogP contribution is -2.36. The lowest BCUT2D eigenvalue weighted by molar-refractivity contribution is 0.194.